The topological polar surface area (TPSA) is 58.6 Å². The Morgan fingerprint density at radius 2 is 1.95 bits per heavy atom. The zero-order valence-corrected chi connectivity index (χ0v) is 10.7. The third kappa shape index (κ3) is 3.89. The minimum atomic E-state index is -1.15. The number of benzene rings is 2. The normalized spacial score (nSPS) is 9.95. The van der Waals surface area contributed by atoms with Crippen molar-refractivity contribution < 1.29 is 14.6 Å². The van der Waals surface area contributed by atoms with E-state index in [1.54, 1.807) is 18.2 Å². The van der Waals surface area contributed by atoms with Gasteiger partial charge in [-0.25, -0.2) is 4.79 Å². The third-order valence-electron chi connectivity index (χ3n) is 2.43. The van der Waals surface area contributed by atoms with E-state index >= 15 is 0 Å². The molecule has 0 spiro atoms. The summed E-state index contributed by atoms with van der Waals surface area (Å²) in [6, 6.07) is 14.5. The van der Waals surface area contributed by atoms with Gasteiger partial charge in [0.05, 0.1) is 10.7 Å². The number of hydrogen-bond donors (Lipinski definition) is 2. The Labute approximate surface area is 115 Å². The highest BCUT2D eigenvalue weighted by molar-refractivity contribution is 6.33. The molecule has 0 unspecified atom stereocenters. The Kier molecular flexibility index (Phi) is 4.26. The second kappa shape index (κ2) is 6.11. The van der Waals surface area contributed by atoms with Gasteiger partial charge in [-0.1, -0.05) is 41.9 Å². The Morgan fingerprint density at radius 1 is 1.21 bits per heavy atom. The van der Waals surface area contributed by atoms with Crippen LogP contribution in [-0.2, 0) is 6.61 Å². The molecule has 0 aliphatic rings. The van der Waals surface area contributed by atoms with Gasteiger partial charge in [-0.05, 0) is 17.7 Å². The second-order valence-corrected chi connectivity index (χ2v) is 4.25. The SMILES string of the molecule is O=C(O)Nc1ccc(OCc2ccccc2)cc1Cl. The molecule has 0 heterocycles. The highest BCUT2D eigenvalue weighted by atomic mass is 35.5. The lowest BCUT2D eigenvalue weighted by atomic mass is 10.2. The summed E-state index contributed by atoms with van der Waals surface area (Å²) in [6.45, 7) is 0.433. The van der Waals surface area contributed by atoms with Crippen LogP contribution >= 0.6 is 11.6 Å². The van der Waals surface area contributed by atoms with E-state index in [2.05, 4.69) is 5.32 Å². The molecule has 0 radical (unpaired) electrons. The molecular formula is C14H12ClNO3. The number of hydrogen-bond acceptors (Lipinski definition) is 2. The van der Waals surface area contributed by atoms with Gasteiger partial charge in [0, 0.05) is 6.07 Å². The highest BCUT2D eigenvalue weighted by Gasteiger charge is 2.05. The summed E-state index contributed by atoms with van der Waals surface area (Å²) in [4.78, 5) is 10.5. The minimum absolute atomic E-state index is 0.299. The lowest BCUT2D eigenvalue weighted by Crippen LogP contribution is -2.07. The van der Waals surface area contributed by atoms with E-state index in [0.29, 0.717) is 23.1 Å². The fourth-order valence-corrected chi connectivity index (χ4v) is 1.76. The zero-order chi connectivity index (χ0) is 13.7. The summed E-state index contributed by atoms with van der Waals surface area (Å²) in [7, 11) is 0. The van der Waals surface area contributed by atoms with Crippen LogP contribution < -0.4 is 10.1 Å². The molecule has 2 aromatic carbocycles. The molecule has 19 heavy (non-hydrogen) atoms. The number of halogens is 1. The van der Waals surface area contributed by atoms with Gasteiger partial charge in [-0.15, -0.1) is 0 Å². The van der Waals surface area contributed by atoms with Crippen LogP contribution in [0.1, 0.15) is 5.56 Å². The first kappa shape index (κ1) is 13.2. The van der Waals surface area contributed by atoms with Crippen molar-refractivity contribution in [3.05, 3.63) is 59.1 Å². The number of ether oxygens (including phenoxy) is 1. The standard InChI is InChI=1S/C14H12ClNO3/c15-12-8-11(6-7-13(12)16-14(17)18)19-9-10-4-2-1-3-5-10/h1-8,16H,9H2,(H,17,18). The average molecular weight is 278 g/mol. The van der Waals surface area contributed by atoms with Gasteiger partial charge in [0.1, 0.15) is 12.4 Å². The Hall–Kier alpha value is -2.20. The van der Waals surface area contributed by atoms with E-state index in [-0.39, 0.29) is 0 Å². The molecule has 0 bridgehead atoms. The maximum Gasteiger partial charge on any atom is 0.409 e. The van der Waals surface area contributed by atoms with Crippen molar-refractivity contribution in [3.8, 4) is 5.75 Å². The number of anilines is 1. The summed E-state index contributed by atoms with van der Waals surface area (Å²) < 4.78 is 5.57. The van der Waals surface area contributed by atoms with Crippen LogP contribution in [-0.4, -0.2) is 11.2 Å². The summed E-state index contributed by atoms with van der Waals surface area (Å²) in [5, 5.41) is 11.1. The molecule has 0 aliphatic heterocycles. The summed E-state index contributed by atoms with van der Waals surface area (Å²) in [5.74, 6) is 0.588. The van der Waals surface area contributed by atoms with Crippen LogP contribution in [0.3, 0.4) is 0 Å². The molecule has 0 saturated carbocycles. The van der Waals surface area contributed by atoms with E-state index in [0.717, 1.165) is 5.56 Å². The highest BCUT2D eigenvalue weighted by Crippen LogP contribution is 2.27. The average Bonchev–Trinajstić information content (AvgIpc) is 2.40. The molecular weight excluding hydrogens is 266 g/mol. The molecule has 0 atom stereocenters. The number of carbonyl (C=O) groups is 1. The van der Waals surface area contributed by atoms with Gasteiger partial charge in [0.15, 0.2) is 0 Å². The molecule has 1 amide bonds. The minimum Gasteiger partial charge on any atom is -0.489 e. The first-order chi connectivity index (χ1) is 9.15. The van der Waals surface area contributed by atoms with Gasteiger partial charge in [-0.2, -0.15) is 0 Å². The molecule has 2 rings (SSSR count). The molecule has 0 aromatic heterocycles. The molecule has 4 nitrogen and oxygen atoms in total. The van der Waals surface area contributed by atoms with Crippen LogP contribution in [0.2, 0.25) is 5.02 Å². The van der Waals surface area contributed by atoms with Crippen LogP contribution in [0.15, 0.2) is 48.5 Å². The second-order valence-electron chi connectivity index (χ2n) is 3.85. The maximum atomic E-state index is 10.5. The van der Waals surface area contributed by atoms with Crippen molar-refractivity contribution in [2.75, 3.05) is 5.32 Å². The molecule has 0 saturated heterocycles. The monoisotopic (exact) mass is 277 g/mol. The van der Waals surface area contributed by atoms with Crippen LogP contribution in [0.4, 0.5) is 10.5 Å². The zero-order valence-electron chi connectivity index (χ0n) is 9.97. The van der Waals surface area contributed by atoms with E-state index in [1.807, 2.05) is 30.3 Å². The predicted octanol–water partition coefficient (Wildman–Crippen LogP) is 4.01. The van der Waals surface area contributed by atoms with Crippen molar-refractivity contribution in [2.45, 2.75) is 6.61 Å². The fraction of sp³-hybridized carbons (Fsp3) is 0.0714. The molecule has 2 aromatic rings. The van der Waals surface area contributed by atoms with Gasteiger partial charge >= 0.3 is 6.09 Å². The third-order valence-corrected chi connectivity index (χ3v) is 2.74. The van der Waals surface area contributed by atoms with Crippen molar-refractivity contribution in [2.24, 2.45) is 0 Å². The number of nitrogens with one attached hydrogen (secondary N) is 1. The van der Waals surface area contributed by atoms with E-state index in [1.165, 1.54) is 0 Å². The van der Waals surface area contributed by atoms with Crippen molar-refractivity contribution in [3.63, 3.8) is 0 Å². The summed E-state index contributed by atoms with van der Waals surface area (Å²) in [6.07, 6.45) is -1.15. The van der Waals surface area contributed by atoms with E-state index in [4.69, 9.17) is 21.4 Å². The molecule has 5 heteroatoms. The van der Waals surface area contributed by atoms with Gasteiger partial charge in [0.2, 0.25) is 0 Å². The Morgan fingerprint density at radius 3 is 2.58 bits per heavy atom. The number of amides is 1. The first-order valence-electron chi connectivity index (χ1n) is 5.61. The molecule has 2 N–H and O–H groups in total. The lowest BCUT2D eigenvalue weighted by Gasteiger charge is -2.09. The molecule has 0 aliphatic carbocycles. The largest absolute Gasteiger partial charge is 0.489 e. The van der Waals surface area contributed by atoms with Gasteiger partial charge in [0.25, 0.3) is 0 Å². The predicted molar refractivity (Wildman–Crippen MR) is 73.9 cm³/mol. The molecule has 0 fully saturated rings. The van der Waals surface area contributed by atoms with Gasteiger partial charge in [-0.3, -0.25) is 5.32 Å². The van der Waals surface area contributed by atoms with Crippen molar-refractivity contribution in [1.82, 2.24) is 0 Å². The van der Waals surface area contributed by atoms with Crippen LogP contribution in [0.5, 0.6) is 5.75 Å². The van der Waals surface area contributed by atoms with Crippen LogP contribution in [0.25, 0.3) is 0 Å². The fourth-order valence-electron chi connectivity index (χ4n) is 1.54. The van der Waals surface area contributed by atoms with E-state index < -0.39 is 6.09 Å². The number of rotatable bonds is 4. The van der Waals surface area contributed by atoms with Gasteiger partial charge < -0.3 is 9.84 Å². The maximum absolute atomic E-state index is 10.5. The van der Waals surface area contributed by atoms with E-state index in [9.17, 15) is 4.79 Å². The number of carboxylic acid groups (broad SMARTS) is 1. The quantitative estimate of drug-likeness (QED) is 0.888. The van der Waals surface area contributed by atoms with Crippen LogP contribution in [0, 0.1) is 0 Å². The van der Waals surface area contributed by atoms with Crippen molar-refractivity contribution in [1.29, 1.82) is 0 Å². The van der Waals surface area contributed by atoms with Crippen molar-refractivity contribution >= 4 is 23.4 Å². The summed E-state index contributed by atoms with van der Waals surface area (Å²) in [5.41, 5.74) is 1.38. The lowest BCUT2D eigenvalue weighted by molar-refractivity contribution is 0.209. The Bertz CT molecular complexity index is 572. The Balaban J connectivity index is 2.02. The first-order valence-corrected chi connectivity index (χ1v) is 5.99. The molecule has 98 valence electrons. The smallest absolute Gasteiger partial charge is 0.409 e. The summed E-state index contributed by atoms with van der Waals surface area (Å²) >= 11 is 5.95.